The van der Waals surface area contributed by atoms with Crippen LogP contribution in [0.15, 0.2) is 18.6 Å². The van der Waals surface area contributed by atoms with Crippen LogP contribution < -0.4 is 10.6 Å². The van der Waals surface area contributed by atoms with E-state index >= 15 is 0 Å². The first-order valence-electron chi connectivity index (χ1n) is 5.16. The van der Waals surface area contributed by atoms with E-state index in [1.54, 1.807) is 6.20 Å². The molecule has 0 amide bonds. The molecule has 0 unspecified atom stereocenters. The van der Waals surface area contributed by atoms with Crippen LogP contribution in [0.1, 0.15) is 13.8 Å². The maximum atomic E-state index is 4.45. The molecule has 2 N–H and O–H groups in total. The molecule has 2 aromatic heterocycles. The maximum Gasteiger partial charge on any atom is 0.180 e. The summed E-state index contributed by atoms with van der Waals surface area (Å²) in [5.41, 5.74) is 0.860. The number of nitrogens with zero attached hydrogens (tertiary/aromatic N) is 3. The second-order valence-electron chi connectivity index (χ2n) is 3.19. The van der Waals surface area contributed by atoms with E-state index in [1.165, 1.54) is 0 Å². The van der Waals surface area contributed by atoms with Crippen molar-refractivity contribution in [2.75, 3.05) is 23.7 Å². The Kier molecular flexibility index (Phi) is 2.71. The SMILES string of the molecule is CCNc1cn2ccnc2c(NCC)n1. The minimum Gasteiger partial charge on any atom is -0.369 e. The first-order chi connectivity index (χ1) is 7.35. The van der Waals surface area contributed by atoms with E-state index < -0.39 is 0 Å². The van der Waals surface area contributed by atoms with E-state index in [0.717, 1.165) is 30.4 Å². The minimum absolute atomic E-state index is 0.820. The Labute approximate surface area is 88.5 Å². The Morgan fingerprint density at radius 2 is 2.07 bits per heavy atom. The van der Waals surface area contributed by atoms with Gasteiger partial charge in [0.1, 0.15) is 5.82 Å². The van der Waals surface area contributed by atoms with Gasteiger partial charge in [0.05, 0.1) is 6.20 Å². The summed E-state index contributed by atoms with van der Waals surface area (Å²) in [7, 11) is 0. The van der Waals surface area contributed by atoms with Gasteiger partial charge in [0.2, 0.25) is 0 Å². The summed E-state index contributed by atoms with van der Waals surface area (Å²) in [6.45, 7) is 5.79. The zero-order valence-corrected chi connectivity index (χ0v) is 8.99. The van der Waals surface area contributed by atoms with Crippen LogP contribution in [-0.2, 0) is 0 Å². The van der Waals surface area contributed by atoms with Gasteiger partial charge in [-0.2, -0.15) is 0 Å². The molecule has 0 aromatic carbocycles. The monoisotopic (exact) mass is 205 g/mol. The number of hydrogen-bond donors (Lipinski definition) is 2. The first-order valence-corrected chi connectivity index (χ1v) is 5.16. The molecule has 80 valence electrons. The molecule has 2 aromatic rings. The van der Waals surface area contributed by atoms with Crippen LogP contribution in [0.5, 0.6) is 0 Å². The van der Waals surface area contributed by atoms with Crippen LogP contribution in [0.3, 0.4) is 0 Å². The van der Waals surface area contributed by atoms with E-state index in [-0.39, 0.29) is 0 Å². The lowest BCUT2D eigenvalue weighted by atomic mass is 10.5. The second-order valence-corrected chi connectivity index (χ2v) is 3.19. The minimum atomic E-state index is 0.820. The van der Waals surface area contributed by atoms with Crippen molar-refractivity contribution < 1.29 is 0 Å². The molecule has 15 heavy (non-hydrogen) atoms. The molecule has 2 rings (SSSR count). The van der Waals surface area contributed by atoms with Gasteiger partial charge >= 0.3 is 0 Å². The normalized spacial score (nSPS) is 10.5. The van der Waals surface area contributed by atoms with Crippen molar-refractivity contribution >= 4 is 17.3 Å². The van der Waals surface area contributed by atoms with Crippen LogP contribution in [0.2, 0.25) is 0 Å². The Morgan fingerprint density at radius 3 is 2.80 bits per heavy atom. The Bertz CT molecular complexity index is 448. The van der Waals surface area contributed by atoms with Crippen molar-refractivity contribution in [3.63, 3.8) is 0 Å². The van der Waals surface area contributed by atoms with Crippen molar-refractivity contribution in [1.29, 1.82) is 0 Å². The molecule has 0 fully saturated rings. The summed E-state index contributed by atoms with van der Waals surface area (Å²) >= 11 is 0. The smallest absolute Gasteiger partial charge is 0.180 e. The third-order valence-electron chi connectivity index (χ3n) is 2.08. The standard InChI is InChI=1S/C10H15N5/c1-3-11-8-7-15-6-5-13-10(15)9(14-8)12-4-2/h5-7,11H,3-4H2,1-2H3,(H,12,14). The quantitative estimate of drug-likeness (QED) is 0.796. The zero-order chi connectivity index (χ0) is 10.7. The van der Waals surface area contributed by atoms with Gasteiger partial charge in [-0.3, -0.25) is 0 Å². The highest BCUT2D eigenvalue weighted by atomic mass is 15.1. The number of hydrogen-bond acceptors (Lipinski definition) is 4. The zero-order valence-electron chi connectivity index (χ0n) is 8.99. The van der Waals surface area contributed by atoms with E-state index in [9.17, 15) is 0 Å². The third-order valence-corrected chi connectivity index (χ3v) is 2.08. The van der Waals surface area contributed by atoms with Gasteiger partial charge in [-0.1, -0.05) is 0 Å². The predicted molar refractivity (Wildman–Crippen MR) is 61.3 cm³/mol. The number of nitrogens with one attached hydrogen (secondary N) is 2. The third kappa shape index (κ3) is 1.86. The van der Waals surface area contributed by atoms with Gasteiger partial charge in [0.25, 0.3) is 0 Å². The summed E-state index contributed by atoms with van der Waals surface area (Å²) in [6, 6.07) is 0. The number of anilines is 2. The lowest BCUT2D eigenvalue weighted by molar-refractivity contribution is 1.07. The first kappa shape index (κ1) is 9.76. The van der Waals surface area contributed by atoms with Crippen molar-refractivity contribution in [1.82, 2.24) is 14.4 Å². The fourth-order valence-corrected chi connectivity index (χ4v) is 1.48. The Hall–Kier alpha value is -1.78. The molecule has 5 nitrogen and oxygen atoms in total. The van der Waals surface area contributed by atoms with Crippen LogP contribution >= 0.6 is 0 Å². The van der Waals surface area contributed by atoms with E-state index in [0.29, 0.717) is 0 Å². The molecule has 0 saturated carbocycles. The largest absolute Gasteiger partial charge is 0.369 e. The fraction of sp³-hybridized carbons (Fsp3) is 0.400. The molecule has 0 aliphatic rings. The summed E-state index contributed by atoms with van der Waals surface area (Å²) in [5.74, 6) is 1.68. The molecule has 0 aliphatic heterocycles. The molecule has 0 radical (unpaired) electrons. The van der Waals surface area contributed by atoms with Gasteiger partial charge in [0, 0.05) is 25.5 Å². The predicted octanol–water partition coefficient (Wildman–Crippen LogP) is 1.59. The molecule has 0 saturated heterocycles. The van der Waals surface area contributed by atoms with E-state index in [4.69, 9.17) is 0 Å². The van der Waals surface area contributed by atoms with Crippen molar-refractivity contribution in [2.24, 2.45) is 0 Å². The second kappa shape index (κ2) is 4.16. The van der Waals surface area contributed by atoms with Gasteiger partial charge < -0.3 is 15.0 Å². The van der Waals surface area contributed by atoms with Crippen molar-refractivity contribution in [3.8, 4) is 0 Å². The highest BCUT2D eigenvalue weighted by Crippen LogP contribution is 2.15. The van der Waals surface area contributed by atoms with Gasteiger partial charge in [-0.15, -0.1) is 0 Å². The number of imidazole rings is 1. The topological polar surface area (TPSA) is 54.2 Å². The van der Waals surface area contributed by atoms with Crippen LogP contribution in [0, 0.1) is 0 Å². The van der Waals surface area contributed by atoms with Crippen LogP contribution in [0.25, 0.3) is 5.65 Å². The maximum absolute atomic E-state index is 4.45. The van der Waals surface area contributed by atoms with E-state index in [1.807, 2.05) is 30.6 Å². The molecule has 2 heterocycles. The lowest BCUT2D eigenvalue weighted by Gasteiger charge is -2.08. The summed E-state index contributed by atoms with van der Waals surface area (Å²) in [6.07, 6.45) is 5.62. The fourth-order valence-electron chi connectivity index (χ4n) is 1.48. The average Bonchev–Trinajstić information content (AvgIpc) is 2.67. The Balaban J connectivity index is 2.48. The molecule has 5 heteroatoms. The molecule has 0 spiro atoms. The highest BCUT2D eigenvalue weighted by Gasteiger charge is 2.05. The van der Waals surface area contributed by atoms with Crippen molar-refractivity contribution in [3.05, 3.63) is 18.6 Å². The van der Waals surface area contributed by atoms with Gasteiger partial charge in [-0.05, 0) is 13.8 Å². The lowest BCUT2D eigenvalue weighted by Crippen LogP contribution is -2.07. The molecule has 0 aliphatic carbocycles. The number of rotatable bonds is 4. The summed E-state index contributed by atoms with van der Waals surface area (Å²) in [5, 5.41) is 6.39. The Morgan fingerprint density at radius 1 is 1.27 bits per heavy atom. The molecule has 0 bridgehead atoms. The van der Waals surface area contributed by atoms with Crippen LogP contribution in [-0.4, -0.2) is 27.5 Å². The number of fused-ring (bicyclic) bond motifs is 1. The van der Waals surface area contributed by atoms with Crippen LogP contribution in [0.4, 0.5) is 11.6 Å². The average molecular weight is 205 g/mol. The summed E-state index contributed by atoms with van der Waals surface area (Å²) < 4.78 is 1.96. The van der Waals surface area contributed by atoms with Gasteiger partial charge in [0.15, 0.2) is 11.5 Å². The van der Waals surface area contributed by atoms with Gasteiger partial charge in [-0.25, -0.2) is 9.97 Å². The highest BCUT2D eigenvalue weighted by molar-refractivity contribution is 5.65. The molecular weight excluding hydrogens is 190 g/mol. The summed E-state index contributed by atoms with van der Waals surface area (Å²) in [4.78, 5) is 8.70. The van der Waals surface area contributed by atoms with Crippen molar-refractivity contribution in [2.45, 2.75) is 13.8 Å². The van der Waals surface area contributed by atoms with E-state index in [2.05, 4.69) is 20.6 Å². The number of aromatic nitrogens is 3. The molecule has 0 atom stereocenters. The molecular formula is C10H15N5.